The molecule has 4 nitrogen and oxygen atoms in total. The zero-order valence-corrected chi connectivity index (χ0v) is 10.4. The molecule has 90 valence electrons. The molecule has 0 rings (SSSR count). The summed E-state index contributed by atoms with van der Waals surface area (Å²) in [6.07, 6.45) is -0.288. The van der Waals surface area contributed by atoms with Crippen LogP contribution in [-0.4, -0.2) is 17.7 Å². The molecule has 15 heavy (non-hydrogen) atoms. The van der Waals surface area contributed by atoms with E-state index in [2.05, 4.69) is 20.8 Å². The van der Waals surface area contributed by atoms with Gasteiger partial charge in [-0.15, -0.1) is 0 Å². The molecule has 0 radical (unpaired) electrons. The van der Waals surface area contributed by atoms with Crippen molar-refractivity contribution in [2.75, 3.05) is 0 Å². The van der Waals surface area contributed by atoms with E-state index in [1.54, 1.807) is 0 Å². The maximum atomic E-state index is 10.4. The van der Waals surface area contributed by atoms with Crippen LogP contribution in [0.3, 0.4) is 0 Å². The molecule has 0 aromatic heterocycles. The zero-order chi connectivity index (χ0) is 12.3. The Kier molecular flexibility index (Phi) is 4.74. The smallest absolute Gasteiger partial charge is 0.129 e. The second-order valence-corrected chi connectivity index (χ2v) is 5.64. The van der Waals surface area contributed by atoms with Crippen molar-refractivity contribution < 1.29 is 19.7 Å². The van der Waals surface area contributed by atoms with E-state index in [0.29, 0.717) is 0 Å². The summed E-state index contributed by atoms with van der Waals surface area (Å²) in [4.78, 5) is 20.2. The highest BCUT2D eigenvalue weighted by molar-refractivity contribution is 5.69. The van der Waals surface area contributed by atoms with Crippen LogP contribution in [-0.2, 0) is 14.6 Å². The average Bonchev–Trinajstić information content (AvgIpc) is 1.95. The molecule has 0 aromatic carbocycles. The summed E-state index contributed by atoms with van der Waals surface area (Å²) in [6.45, 7) is 11.4. The van der Waals surface area contributed by atoms with Crippen LogP contribution in [0.2, 0.25) is 0 Å². The van der Waals surface area contributed by atoms with Crippen LogP contribution in [0.25, 0.3) is 0 Å². The molecular weight excluding hydrogens is 196 g/mol. The molecule has 0 aliphatic carbocycles. The van der Waals surface area contributed by atoms with E-state index in [9.17, 15) is 9.90 Å². The van der Waals surface area contributed by atoms with Crippen molar-refractivity contribution in [1.29, 1.82) is 0 Å². The summed E-state index contributed by atoms with van der Waals surface area (Å²) in [7, 11) is 0. The number of hydrogen-bond acceptors (Lipinski definition) is 4. The van der Waals surface area contributed by atoms with Gasteiger partial charge in [-0.05, 0) is 32.6 Å². The molecule has 4 heteroatoms. The van der Waals surface area contributed by atoms with Crippen LogP contribution in [0, 0.1) is 5.41 Å². The molecule has 1 unspecified atom stereocenters. The van der Waals surface area contributed by atoms with Crippen LogP contribution in [0.1, 0.15) is 48.0 Å². The Bertz CT molecular complexity index is 215. The van der Waals surface area contributed by atoms with E-state index in [4.69, 9.17) is 9.78 Å². The summed E-state index contributed by atoms with van der Waals surface area (Å²) >= 11 is 0. The second-order valence-electron chi connectivity index (χ2n) is 5.64. The number of carboxylic acid groups (broad SMARTS) is 1. The van der Waals surface area contributed by atoms with Gasteiger partial charge in [0.25, 0.3) is 0 Å². The number of carbonyl (C=O) groups is 1. The standard InChI is InChI=1S/C11H22O4/c1-8(9(12)13)14-15-11(5,6)7-10(2,3)4/h8H,7H2,1-6H3,(H,12,13)/p-1. The van der Waals surface area contributed by atoms with E-state index in [1.165, 1.54) is 6.92 Å². The Labute approximate surface area is 91.5 Å². The Morgan fingerprint density at radius 3 is 2.07 bits per heavy atom. The molecule has 1 atom stereocenters. The van der Waals surface area contributed by atoms with Crippen LogP contribution < -0.4 is 5.11 Å². The molecule has 0 amide bonds. The fraction of sp³-hybridized carbons (Fsp3) is 0.909. The first-order valence-electron chi connectivity index (χ1n) is 5.09. The van der Waals surface area contributed by atoms with Gasteiger partial charge in [-0.3, -0.25) is 0 Å². The van der Waals surface area contributed by atoms with Gasteiger partial charge in [-0.25, -0.2) is 9.78 Å². The highest BCUT2D eigenvalue weighted by Gasteiger charge is 2.28. The SMILES string of the molecule is CC(OOC(C)(C)CC(C)(C)C)C(=O)[O-]. The maximum absolute atomic E-state index is 10.4. The highest BCUT2D eigenvalue weighted by Crippen LogP contribution is 2.29. The average molecular weight is 217 g/mol. The zero-order valence-electron chi connectivity index (χ0n) is 10.4. The molecule has 0 saturated carbocycles. The minimum absolute atomic E-state index is 0.0948. The van der Waals surface area contributed by atoms with Crippen molar-refractivity contribution in [3.63, 3.8) is 0 Å². The van der Waals surface area contributed by atoms with E-state index in [-0.39, 0.29) is 5.41 Å². The molecule has 0 bridgehead atoms. The molecule has 0 spiro atoms. The Morgan fingerprint density at radius 1 is 1.27 bits per heavy atom. The first-order valence-corrected chi connectivity index (χ1v) is 5.09. The Hall–Kier alpha value is -0.610. The normalized spacial score (nSPS) is 15.1. The number of carbonyl (C=O) groups excluding carboxylic acids is 1. The highest BCUT2D eigenvalue weighted by atomic mass is 17.2. The minimum Gasteiger partial charge on any atom is -0.547 e. The Morgan fingerprint density at radius 2 is 1.73 bits per heavy atom. The molecule has 0 aliphatic rings. The molecule has 0 heterocycles. The summed E-state index contributed by atoms with van der Waals surface area (Å²) in [6, 6.07) is 0. The summed E-state index contributed by atoms with van der Waals surface area (Å²) in [5.41, 5.74) is -0.417. The maximum Gasteiger partial charge on any atom is 0.129 e. The van der Waals surface area contributed by atoms with Crippen molar-refractivity contribution in [1.82, 2.24) is 0 Å². The Balaban J connectivity index is 4.10. The van der Waals surface area contributed by atoms with Gasteiger partial charge in [0.05, 0.1) is 11.6 Å². The predicted octanol–water partition coefficient (Wildman–Crippen LogP) is 1.29. The fourth-order valence-corrected chi connectivity index (χ4v) is 1.55. The lowest BCUT2D eigenvalue weighted by Crippen LogP contribution is -2.38. The largest absolute Gasteiger partial charge is 0.547 e. The van der Waals surface area contributed by atoms with Gasteiger partial charge >= 0.3 is 0 Å². The predicted molar refractivity (Wildman–Crippen MR) is 54.8 cm³/mol. The van der Waals surface area contributed by atoms with Crippen LogP contribution in [0.15, 0.2) is 0 Å². The van der Waals surface area contributed by atoms with Crippen LogP contribution in [0.5, 0.6) is 0 Å². The molecule has 0 saturated heterocycles. The summed E-state index contributed by atoms with van der Waals surface area (Å²) in [5, 5.41) is 10.4. The number of hydrogen-bond donors (Lipinski definition) is 0. The molecule has 0 fully saturated rings. The lowest BCUT2D eigenvalue weighted by atomic mass is 9.84. The van der Waals surface area contributed by atoms with Gasteiger partial charge in [0, 0.05) is 0 Å². The quantitative estimate of drug-likeness (QED) is 0.514. The van der Waals surface area contributed by atoms with Crippen molar-refractivity contribution in [3.05, 3.63) is 0 Å². The fourth-order valence-electron chi connectivity index (χ4n) is 1.55. The van der Waals surface area contributed by atoms with Gasteiger partial charge < -0.3 is 9.90 Å². The van der Waals surface area contributed by atoms with E-state index < -0.39 is 17.7 Å². The molecule has 0 N–H and O–H groups in total. The van der Waals surface area contributed by atoms with E-state index >= 15 is 0 Å². The third-order valence-electron chi connectivity index (χ3n) is 1.71. The van der Waals surface area contributed by atoms with Gasteiger partial charge in [0.1, 0.15) is 6.10 Å². The van der Waals surface area contributed by atoms with Gasteiger partial charge in [-0.2, -0.15) is 0 Å². The topological polar surface area (TPSA) is 58.6 Å². The minimum atomic E-state index is -1.28. The number of aliphatic carboxylic acids is 1. The molecule has 0 aromatic rings. The van der Waals surface area contributed by atoms with Crippen molar-refractivity contribution in [3.8, 4) is 0 Å². The van der Waals surface area contributed by atoms with E-state index in [0.717, 1.165) is 6.42 Å². The number of carboxylic acids is 1. The third-order valence-corrected chi connectivity index (χ3v) is 1.71. The van der Waals surface area contributed by atoms with Crippen molar-refractivity contribution >= 4 is 5.97 Å². The van der Waals surface area contributed by atoms with Gasteiger partial charge in [0.2, 0.25) is 0 Å². The van der Waals surface area contributed by atoms with Gasteiger partial charge in [-0.1, -0.05) is 20.8 Å². The lowest BCUT2D eigenvalue weighted by Gasteiger charge is -2.32. The lowest BCUT2D eigenvalue weighted by molar-refractivity contribution is -0.394. The third kappa shape index (κ3) is 7.33. The molecule has 0 aliphatic heterocycles. The van der Waals surface area contributed by atoms with Crippen molar-refractivity contribution in [2.24, 2.45) is 5.41 Å². The summed E-state index contributed by atoms with van der Waals surface area (Å²) < 4.78 is 0. The first-order chi connectivity index (χ1) is 6.53. The van der Waals surface area contributed by atoms with Crippen molar-refractivity contribution in [2.45, 2.75) is 59.7 Å². The monoisotopic (exact) mass is 217 g/mol. The first kappa shape index (κ1) is 14.4. The van der Waals surface area contributed by atoms with Crippen LogP contribution in [0.4, 0.5) is 0 Å². The molecular formula is C11H21O4-. The summed E-state index contributed by atoms with van der Waals surface area (Å²) in [5.74, 6) is -1.28. The second kappa shape index (κ2) is 4.94. The van der Waals surface area contributed by atoms with Gasteiger partial charge in [0.15, 0.2) is 0 Å². The van der Waals surface area contributed by atoms with Crippen LogP contribution >= 0.6 is 0 Å². The number of rotatable bonds is 5. The van der Waals surface area contributed by atoms with E-state index in [1.807, 2.05) is 13.8 Å².